The minimum atomic E-state index is -0.796. The average Bonchev–Trinajstić information content (AvgIpc) is 2.68. The third-order valence-corrected chi connectivity index (χ3v) is 4.85. The highest BCUT2D eigenvalue weighted by molar-refractivity contribution is 5.69. The van der Waals surface area contributed by atoms with Crippen LogP contribution in [0.15, 0.2) is 42.5 Å². The van der Waals surface area contributed by atoms with Gasteiger partial charge >= 0.3 is 5.97 Å². The van der Waals surface area contributed by atoms with Crippen LogP contribution in [0.5, 0.6) is 5.75 Å². The van der Waals surface area contributed by atoms with E-state index < -0.39 is 5.97 Å². The zero-order valence-electron chi connectivity index (χ0n) is 16.8. The Morgan fingerprint density at radius 2 is 1.75 bits per heavy atom. The number of ether oxygens (including phenoxy) is 1. The highest BCUT2D eigenvalue weighted by Gasteiger charge is 2.10. The van der Waals surface area contributed by atoms with Crippen molar-refractivity contribution in [2.24, 2.45) is 0 Å². The van der Waals surface area contributed by atoms with Crippen molar-refractivity contribution in [2.75, 3.05) is 6.61 Å². The lowest BCUT2D eigenvalue weighted by Crippen LogP contribution is -2.00. The predicted molar refractivity (Wildman–Crippen MR) is 111 cm³/mol. The maximum absolute atomic E-state index is 14.5. The molecule has 0 heterocycles. The Balaban J connectivity index is 1.94. The lowest BCUT2D eigenvalue weighted by atomic mass is 9.96. The van der Waals surface area contributed by atoms with E-state index in [1.807, 2.05) is 30.3 Å². The molecule has 4 heteroatoms. The molecule has 0 saturated carbocycles. The largest absolute Gasteiger partial charge is 0.491 e. The molecule has 0 unspecified atom stereocenters. The standard InChI is InChI=1S/C24H31FO3/c1-2-3-4-5-6-9-17-28-23-16-15-20(18-22(23)25)21-13-8-7-11-19(21)12-10-14-24(26)27/h7-8,11,13,15-16,18H,2-6,9-10,12,14,17H2,1H3,(H,26,27). The molecule has 0 amide bonds. The number of hydrogen-bond acceptors (Lipinski definition) is 2. The van der Waals surface area contributed by atoms with Gasteiger partial charge in [-0.1, -0.05) is 69.4 Å². The summed E-state index contributed by atoms with van der Waals surface area (Å²) in [5.74, 6) is -0.861. The summed E-state index contributed by atoms with van der Waals surface area (Å²) in [5, 5.41) is 8.82. The molecule has 3 nitrogen and oxygen atoms in total. The summed E-state index contributed by atoms with van der Waals surface area (Å²) in [7, 11) is 0. The second kappa shape index (κ2) is 12.2. The van der Waals surface area contributed by atoms with Crippen molar-refractivity contribution in [3.63, 3.8) is 0 Å². The Bertz CT molecular complexity index is 742. The molecule has 0 aliphatic carbocycles. The van der Waals surface area contributed by atoms with Gasteiger partial charge in [-0.2, -0.15) is 0 Å². The normalized spacial score (nSPS) is 10.8. The Hall–Kier alpha value is -2.36. The molecule has 0 bridgehead atoms. The molecule has 0 spiro atoms. The van der Waals surface area contributed by atoms with E-state index >= 15 is 0 Å². The minimum Gasteiger partial charge on any atom is -0.491 e. The van der Waals surface area contributed by atoms with Gasteiger partial charge in [0, 0.05) is 6.42 Å². The van der Waals surface area contributed by atoms with Gasteiger partial charge in [-0.05, 0) is 48.1 Å². The molecular weight excluding hydrogens is 355 g/mol. The van der Waals surface area contributed by atoms with E-state index in [1.54, 1.807) is 6.07 Å². The zero-order valence-corrected chi connectivity index (χ0v) is 16.8. The molecule has 1 N–H and O–H groups in total. The monoisotopic (exact) mass is 386 g/mol. The molecule has 2 rings (SSSR count). The Morgan fingerprint density at radius 1 is 1.00 bits per heavy atom. The third-order valence-electron chi connectivity index (χ3n) is 4.85. The van der Waals surface area contributed by atoms with E-state index in [-0.39, 0.29) is 12.2 Å². The van der Waals surface area contributed by atoms with Crippen LogP contribution in [0.3, 0.4) is 0 Å². The minimum absolute atomic E-state index is 0.133. The van der Waals surface area contributed by atoms with E-state index in [4.69, 9.17) is 9.84 Å². The van der Waals surface area contributed by atoms with Crippen LogP contribution in [0.25, 0.3) is 11.1 Å². The van der Waals surface area contributed by atoms with E-state index in [0.717, 1.165) is 29.5 Å². The fourth-order valence-corrected chi connectivity index (χ4v) is 3.30. The average molecular weight is 387 g/mol. The summed E-state index contributed by atoms with van der Waals surface area (Å²) in [6.45, 7) is 2.73. The summed E-state index contributed by atoms with van der Waals surface area (Å²) in [4.78, 5) is 10.7. The summed E-state index contributed by atoms with van der Waals surface area (Å²) in [5.41, 5.74) is 2.76. The number of benzene rings is 2. The first-order chi connectivity index (χ1) is 13.6. The molecule has 28 heavy (non-hydrogen) atoms. The van der Waals surface area contributed by atoms with Crippen molar-refractivity contribution in [3.05, 3.63) is 53.8 Å². The van der Waals surface area contributed by atoms with Crippen molar-refractivity contribution < 1.29 is 19.0 Å². The van der Waals surface area contributed by atoms with Gasteiger partial charge in [0.05, 0.1) is 6.61 Å². The van der Waals surface area contributed by atoms with Crippen molar-refractivity contribution >= 4 is 5.97 Å². The van der Waals surface area contributed by atoms with Crippen LogP contribution < -0.4 is 4.74 Å². The number of hydrogen-bond donors (Lipinski definition) is 1. The number of carbonyl (C=O) groups is 1. The van der Waals surface area contributed by atoms with E-state index in [0.29, 0.717) is 25.2 Å². The first-order valence-electron chi connectivity index (χ1n) is 10.3. The lowest BCUT2D eigenvalue weighted by molar-refractivity contribution is -0.137. The molecule has 2 aromatic rings. The summed E-state index contributed by atoms with van der Waals surface area (Å²) < 4.78 is 20.1. The van der Waals surface area contributed by atoms with E-state index in [1.165, 1.54) is 31.7 Å². The molecule has 0 saturated heterocycles. The topological polar surface area (TPSA) is 46.5 Å². The van der Waals surface area contributed by atoms with Gasteiger partial charge in [0.1, 0.15) is 0 Å². The maximum atomic E-state index is 14.5. The molecule has 0 fully saturated rings. The van der Waals surface area contributed by atoms with Gasteiger partial charge < -0.3 is 9.84 Å². The molecule has 0 aromatic heterocycles. The van der Waals surface area contributed by atoms with Crippen LogP contribution in [0.2, 0.25) is 0 Å². The molecule has 0 aliphatic heterocycles. The first-order valence-corrected chi connectivity index (χ1v) is 10.3. The number of aryl methyl sites for hydroxylation is 1. The molecule has 152 valence electrons. The Kier molecular flexibility index (Phi) is 9.53. The molecule has 0 atom stereocenters. The number of carboxylic acid groups (broad SMARTS) is 1. The summed E-state index contributed by atoms with van der Waals surface area (Å²) in [6.07, 6.45) is 8.37. The second-order valence-corrected chi connectivity index (χ2v) is 7.17. The second-order valence-electron chi connectivity index (χ2n) is 7.17. The molecule has 2 aromatic carbocycles. The van der Waals surface area contributed by atoms with Crippen LogP contribution >= 0.6 is 0 Å². The third kappa shape index (κ3) is 7.34. The number of rotatable bonds is 13. The number of halogens is 1. The molecule has 0 radical (unpaired) electrons. The maximum Gasteiger partial charge on any atom is 0.303 e. The van der Waals surface area contributed by atoms with Crippen LogP contribution in [-0.2, 0) is 11.2 Å². The van der Waals surface area contributed by atoms with Crippen molar-refractivity contribution in [2.45, 2.75) is 64.7 Å². The molecule has 0 aliphatic rings. The van der Waals surface area contributed by atoms with Gasteiger partial charge in [0.25, 0.3) is 0 Å². The zero-order chi connectivity index (χ0) is 20.2. The van der Waals surface area contributed by atoms with Crippen molar-refractivity contribution in [1.82, 2.24) is 0 Å². The molecular formula is C24H31FO3. The highest BCUT2D eigenvalue weighted by atomic mass is 19.1. The fraction of sp³-hybridized carbons (Fsp3) is 0.458. The smallest absolute Gasteiger partial charge is 0.303 e. The Morgan fingerprint density at radius 3 is 2.50 bits per heavy atom. The fourth-order valence-electron chi connectivity index (χ4n) is 3.30. The van der Waals surface area contributed by atoms with E-state index in [2.05, 4.69) is 6.92 Å². The van der Waals surface area contributed by atoms with Gasteiger partial charge in [-0.15, -0.1) is 0 Å². The van der Waals surface area contributed by atoms with Gasteiger partial charge in [-0.3, -0.25) is 4.79 Å². The number of unbranched alkanes of at least 4 members (excludes halogenated alkanes) is 5. The van der Waals surface area contributed by atoms with Crippen molar-refractivity contribution in [1.29, 1.82) is 0 Å². The number of carboxylic acids is 1. The SMILES string of the molecule is CCCCCCCCOc1ccc(-c2ccccc2CCCC(=O)O)cc1F. The Labute approximate surface area is 167 Å². The van der Waals surface area contributed by atoms with Gasteiger partial charge in [0.2, 0.25) is 0 Å². The first kappa shape index (κ1) is 21.9. The van der Waals surface area contributed by atoms with Gasteiger partial charge in [-0.25, -0.2) is 4.39 Å². The lowest BCUT2D eigenvalue weighted by Gasteiger charge is -2.12. The number of aliphatic carboxylic acids is 1. The highest BCUT2D eigenvalue weighted by Crippen LogP contribution is 2.29. The van der Waals surface area contributed by atoms with Crippen LogP contribution in [0.1, 0.15) is 63.9 Å². The summed E-state index contributed by atoms with van der Waals surface area (Å²) in [6, 6.07) is 12.8. The quantitative estimate of drug-likeness (QED) is 0.393. The van der Waals surface area contributed by atoms with Crippen LogP contribution in [-0.4, -0.2) is 17.7 Å². The van der Waals surface area contributed by atoms with E-state index in [9.17, 15) is 9.18 Å². The van der Waals surface area contributed by atoms with Crippen LogP contribution in [0.4, 0.5) is 4.39 Å². The van der Waals surface area contributed by atoms with Crippen molar-refractivity contribution in [3.8, 4) is 16.9 Å². The van der Waals surface area contributed by atoms with Crippen LogP contribution in [0, 0.1) is 5.82 Å². The predicted octanol–water partition coefficient (Wildman–Crippen LogP) is 6.64. The summed E-state index contributed by atoms with van der Waals surface area (Å²) >= 11 is 0. The van der Waals surface area contributed by atoms with Gasteiger partial charge in [0.15, 0.2) is 11.6 Å².